The van der Waals surface area contributed by atoms with Gasteiger partial charge < -0.3 is 9.84 Å². The van der Waals surface area contributed by atoms with Gasteiger partial charge in [0.1, 0.15) is 11.6 Å². The number of benzene rings is 2. The smallest absolute Gasteiger partial charge is 0.128 e. The predicted molar refractivity (Wildman–Crippen MR) is 75.7 cm³/mol. The summed E-state index contributed by atoms with van der Waals surface area (Å²) in [5, 5.41) is 11.0. The van der Waals surface area contributed by atoms with Gasteiger partial charge in [0.2, 0.25) is 0 Å². The Morgan fingerprint density at radius 3 is 2.95 bits per heavy atom. The number of fused-ring (bicyclic) bond motifs is 1. The Hall–Kier alpha value is -1.58. The third kappa shape index (κ3) is 2.65. The lowest BCUT2D eigenvalue weighted by atomic mass is 9.98. The lowest BCUT2D eigenvalue weighted by Gasteiger charge is -2.15. The Bertz CT molecular complexity index is 642. The minimum atomic E-state index is -0.762. The number of aliphatic hydroxyl groups is 1. The molecule has 20 heavy (non-hydrogen) atoms. The highest BCUT2D eigenvalue weighted by molar-refractivity contribution is 6.30. The summed E-state index contributed by atoms with van der Waals surface area (Å²) in [5.74, 6) is 0.417. The summed E-state index contributed by atoms with van der Waals surface area (Å²) in [4.78, 5) is 0. The molecular weight excluding hydrogens is 279 g/mol. The number of hydrogen-bond acceptors (Lipinski definition) is 2. The van der Waals surface area contributed by atoms with E-state index in [0.717, 1.165) is 23.3 Å². The van der Waals surface area contributed by atoms with E-state index in [9.17, 15) is 9.50 Å². The van der Waals surface area contributed by atoms with E-state index >= 15 is 0 Å². The fourth-order valence-electron chi connectivity index (χ4n) is 2.54. The first-order valence-electron chi connectivity index (χ1n) is 6.51. The second-order valence-corrected chi connectivity index (χ2v) is 5.37. The van der Waals surface area contributed by atoms with Crippen molar-refractivity contribution in [1.82, 2.24) is 0 Å². The highest BCUT2D eigenvalue weighted by Crippen LogP contribution is 2.37. The lowest BCUT2D eigenvalue weighted by molar-refractivity contribution is 0.173. The molecule has 0 spiro atoms. The maximum Gasteiger partial charge on any atom is 0.128 e. The van der Waals surface area contributed by atoms with Crippen LogP contribution in [-0.4, -0.2) is 11.7 Å². The molecule has 1 unspecified atom stereocenters. The van der Waals surface area contributed by atoms with Gasteiger partial charge in [-0.25, -0.2) is 4.39 Å². The molecule has 3 rings (SSSR count). The van der Waals surface area contributed by atoms with E-state index in [2.05, 4.69) is 0 Å². The van der Waals surface area contributed by atoms with Gasteiger partial charge in [-0.15, -0.1) is 0 Å². The third-order valence-electron chi connectivity index (χ3n) is 3.45. The SMILES string of the molecule is OC(Cc1cccc(F)c1)c1cc(Cl)cc2c1OCC2. The average Bonchev–Trinajstić information content (AvgIpc) is 2.85. The second-order valence-electron chi connectivity index (χ2n) is 4.93. The normalized spacial score (nSPS) is 14.8. The molecule has 0 bridgehead atoms. The van der Waals surface area contributed by atoms with Gasteiger partial charge in [-0.1, -0.05) is 23.7 Å². The van der Waals surface area contributed by atoms with E-state index in [1.54, 1.807) is 18.2 Å². The topological polar surface area (TPSA) is 29.5 Å². The van der Waals surface area contributed by atoms with Crippen molar-refractivity contribution in [2.45, 2.75) is 18.9 Å². The number of rotatable bonds is 3. The molecule has 0 amide bonds. The highest BCUT2D eigenvalue weighted by Gasteiger charge is 2.22. The van der Waals surface area contributed by atoms with Crippen molar-refractivity contribution in [3.8, 4) is 5.75 Å². The standard InChI is InChI=1S/C16H14ClFO2/c17-12-8-11-4-5-20-16(11)14(9-12)15(19)7-10-2-1-3-13(18)6-10/h1-3,6,8-9,15,19H,4-5,7H2. The molecule has 2 aromatic carbocycles. The summed E-state index contributed by atoms with van der Waals surface area (Å²) in [6.07, 6.45) is 0.367. The quantitative estimate of drug-likeness (QED) is 0.935. The molecule has 104 valence electrons. The van der Waals surface area contributed by atoms with Crippen molar-refractivity contribution in [1.29, 1.82) is 0 Å². The molecule has 1 aliphatic heterocycles. The number of halogens is 2. The Morgan fingerprint density at radius 2 is 2.15 bits per heavy atom. The van der Waals surface area contributed by atoms with E-state index in [1.165, 1.54) is 12.1 Å². The van der Waals surface area contributed by atoms with E-state index < -0.39 is 6.10 Å². The zero-order valence-electron chi connectivity index (χ0n) is 10.8. The van der Waals surface area contributed by atoms with Gasteiger partial charge in [0.15, 0.2) is 0 Å². The molecule has 0 radical (unpaired) electrons. The molecule has 0 fully saturated rings. The molecule has 4 heteroatoms. The molecule has 1 atom stereocenters. The first-order chi connectivity index (χ1) is 9.63. The van der Waals surface area contributed by atoms with Gasteiger partial charge in [0.25, 0.3) is 0 Å². The molecule has 0 aromatic heterocycles. The van der Waals surface area contributed by atoms with Gasteiger partial charge in [-0.05, 0) is 35.4 Å². The largest absolute Gasteiger partial charge is 0.493 e. The monoisotopic (exact) mass is 292 g/mol. The van der Waals surface area contributed by atoms with Crippen LogP contribution in [0.25, 0.3) is 0 Å². The van der Waals surface area contributed by atoms with Gasteiger partial charge >= 0.3 is 0 Å². The van der Waals surface area contributed by atoms with Crippen LogP contribution in [0.5, 0.6) is 5.75 Å². The number of hydrogen-bond donors (Lipinski definition) is 1. The van der Waals surface area contributed by atoms with Crippen molar-refractivity contribution in [2.24, 2.45) is 0 Å². The molecule has 1 N–H and O–H groups in total. The molecule has 1 aliphatic rings. The van der Waals surface area contributed by atoms with Crippen LogP contribution in [0.15, 0.2) is 36.4 Å². The van der Waals surface area contributed by atoms with Gasteiger partial charge in [-0.3, -0.25) is 0 Å². The minimum absolute atomic E-state index is 0.303. The fraction of sp³-hybridized carbons (Fsp3) is 0.250. The van der Waals surface area contributed by atoms with Crippen LogP contribution in [0.1, 0.15) is 22.8 Å². The lowest BCUT2D eigenvalue weighted by Crippen LogP contribution is -2.04. The average molecular weight is 293 g/mol. The zero-order chi connectivity index (χ0) is 14.1. The van der Waals surface area contributed by atoms with E-state index in [4.69, 9.17) is 16.3 Å². The van der Waals surface area contributed by atoms with Crippen LogP contribution < -0.4 is 4.74 Å². The first kappa shape index (κ1) is 13.4. The number of ether oxygens (including phenoxy) is 1. The van der Waals surface area contributed by atoms with Crippen LogP contribution in [0.4, 0.5) is 4.39 Å². The summed E-state index contributed by atoms with van der Waals surface area (Å²) in [7, 11) is 0. The van der Waals surface area contributed by atoms with Crippen LogP contribution in [0.3, 0.4) is 0 Å². The van der Waals surface area contributed by atoms with Crippen molar-refractivity contribution in [2.75, 3.05) is 6.61 Å². The third-order valence-corrected chi connectivity index (χ3v) is 3.67. The van der Waals surface area contributed by atoms with Crippen LogP contribution in [-0.2, 0) is 12.8 Å². The fourth-order valence-corrected chi connectivity index (χ4v) is 2.79. The van der Waals surface area contributed by atoms with E-state index in [0.29, 0.717) is 23.6 Å². The Balaban J connectivity index is 1.89. The van der Waals surface area contributed by atoms with Crippen LogP contribution in [0, 0.1) is 5.82 Å². The van der Waals surface area contributed by atoms with Crippen molar-refractivity contribution in [3.63, 3.8) is 0 Å². The molecule has 2 aromatic rings. The molecular formula is C16H14ClFO2. The minimum Gasteiger partial charge on any atom is -0.493 e. The van der Waals surface area contributed by atoms with Crippen LogP contribution >= 0.6 is 11.6 Å². The molecule has 0 saturated heterocycles. The van der Waals surface area contributed by atoms with E-state index in [-0.39, 0.29) is 5.82 Å². The molecule has 1 heterocycles. The summed E-state index contributed by atoms with van der Waals surface area (Å²) in [6, 6.07) is 9.82. The second kappa shape index (κ2) is 5.43. The maximum atomic E-state index is 13.2. The van der Waals surface area contributed by atoms with Gasteiger partial charge in [0, 0.05) is 23.4 Å². The Kier molecular flexibility index (Phi) is 3.64. The van der Waals surface area contributed by atoms with Crippen molar-refractivity contribution < 1.29 is 14.2 Å². The summed E-state index contributed by atoms with van der Waals surface area (Å²) >= 11 is 6.07. The van der Waals surface area contributed by atoms with Crippen molar-refractivity contribution in [3.05, 3.63) is 63.9 Å². The maximum absolute atomic E-state index is 13.2. The zero-order valence-corrected chi connectivity index (χ0v) is 11.5. The predicted octanol–water partition coefficient (Wildman–Crippen LogP) is 3.69. The van der Waals surface area contributed by atoms with Gasteiger partial charge in [-0.2, -0.15) is 0 Å². The first-order valence-corrected chi connectivity index (χ1v) is 6.89. The Morgan fingerprint density at radius 1 is 1.30 bits per heavy atom. The molecule has 0 saturated carbocycles. The highest BCUT2D eigenvalue weighted by atomic mass is 35.5. The molecule has 2 nitrogen and oxygen atoms in total. The Labute approximate surface area is 121 Å². The number of aliphatic hydroxyl groups excluding tert-OH is 1. The van der Waals surface area contributed by atoms with Crippen LogP contribution in [0.2, 0.25) is 5.02 Å². The summed E-state index contributed by atoms with van der Waals surface area (Å²) < 4.78 is 18.8. The summed E-state index contributed by atoms with van der Waals surface area (Å²) in [6.45, 7) is 0.607. The summed E-state index contributed by atoms with van der Waals surface area (Å²) in [5.41, 5.74) is 2.43. The van der Waals surface area contributed by atoms with Crippen molar-refractivity contribution >= 4 is 11.6 Å². The van der Waals surface area contributed by atoms with E-state index in [1.807, 2.05) is 6.07 Å². The molecule has 0 aliphatic carbocycles. The van der Waals surface area contributed by atoms with Gasteiger partial charge in [0.05, 0.1) is 12.7 Å².